The summed E-state index contributed by atoms with van der Waals surface area (Å²) in [5, 5.41) is 0.141. The largest absolute Gasteiger partial charge is 0.331 e. The summed E-state index contributed by atoms with van der Waals surface area (Å²) in [5.41, 5.74) is 1.73. The lowest BCUT2D eigenvalue weighted by molar-refractivity contribution is 0.593. The molecule has 2 aliphatic rings. The van der Waals surface area contributed by atoms with Crippen molar-refractivity contribution in [3.8, 4) is 0 Å². The van der Waals surface area contributed by atoms with Crippen LogP contribution in [0.25, 0.3) is 5.57 Å². The number of rotatable bonds is 1. The monoisotopic (exact) mass is 280 g/mol. The van der Waals surface area contributed by atoms with Crippen LogP contribution in [0.1, 0.15) is 5.56 Å². The van der Waals surface area contributed by atoms with Gasteiger partial charge in [-0.15, -0.1) is 0 Å². The fourth-order valence-corrected chi connectivity index (χ4v) is 2.77. The van der Waals surface area contributed by atoms with E-state index in [0.717, 1.165) is 29.3 Å². The van der Waals surface area contributed by atoms with Crippen molar-refractivity contribution in [1.82, 2.24) is 4.90 Å². The molecule has 18 heavy (non-hydrogen) atoms. The van der Waals surface area contributed by atoms with Crippen molar-refractivity contribution in [2.24, 2.45) is 4.40 Å². The van der Waals surface area contributed by atoms with Crippen LogP contribution in [0.5, 0.6) is 0 Å². The summed E-state index contributed by atoms with van der Waals surface area (Å²) in [6.07, 6.45) is 5.90. The van der Waals surface area contributed by atoms with Crippen molar-refractivity contribution in [1.29, 1.82) is 0 Å². The highest BCUT2D eigenvalue weighted by Crippen LogP contribution is 2.28. The standard InChI is InChI=1S/C13H10ClFN2S/c14-11-4-3-9(8-12(11)15)10-2-1-5-17-6-7-18-16-13(10)17/h1-5,8H,6-7H2. The third-order valence-electron chi connectivity index (χ3n) is 2.85. The van der Waals surface area contributed by atoms with E-state index in [2.05, 4.69) is 9.30 Å². The Hall–Kier alpha value is -1.26. The summed E-state index contributed by atoms with van der Waals surface area (Å²) < 4.78 is 18.0. The first-order valence-electron chi connectivity index (χ1n) is 5.56. The number of amidine groups is 1. The maximum atomic E-state index is 13.5. The third-order valence-corrected chi connectivity index (χ3v) is 3.82. The smallest absolute Gasteiger partial charge is 0.148 e. The first kappa shape index (κ1) is 11.8. The lowest BCUT2D eigenvalue weighted by atomic mass is 10.0. The third kappa shape index (κ3) is 2.06. The van der Waals surface area contributed by atoms with Gasteiger partial charge in [-0.25, -0.2) is 4.39 Å². The SMILES string of the molecule is Fc1cc(C2=CC=CN3CCSN=C23)ccc1Cl. The summed E-state index contributed by atoms with van der Waals surface area (Å²) in [7, 11) is 0. The van der Waals surface area contributed by atoms with Crippen LogP contribution in [0, 0.1) is 5.82 Å². The maximum Gasteiger partial charge on any atom is 0.148 e. The van der Waals surface area contributed by atoms with E-state index in [-0.39, 0.29) is 5.02 Å². The molecule has 0 bridgehead atoms. The highest BCUT2D eigenvalue weighted by atomic mass is 35.5. The molecule has 2 aliphatic heterocycles. The molecule has 0 aliphatic carbocycles. The Bertz CT molecular complexity index is 580. The van der Waals surface area contributed by atoms with Gasteiger partial charge in [0.05, 0.1) is 5.02 Å². The number of allylic oxidation sites excluding steroid dienone is 2. The van der Waals surface area contributed by atoms with Gasteiger partial charge in [-0.2, -0.15) is 4.40 Å². The predicted octanol–water partition coefficient (Wildman–Crippen LogP) is 3.75. The Morgan fingerprint density at radius 3 is 3.11 bits per heavy atom. The van der Waals surface area contributed by atoms with Gasteiger partial charge in [0.25, 0.3) is 0 Å². The summed E-state index contributed by atoms with van der Waals surface area (Å²) in [4.78, 5) is 2.08. The maximum absolute atomic E-state index is 13.5. The zero-order valence-corrected chi connectivity index (χ0v) is 11.0. The summed E-state index contributed by atoms with van der Waals surface area (Å²) in [5.74, 6) is 1.45. The minimum Gasteiger partial charge on any atom is -0.331 e. The molecule has 0 fully saturated rings. The molecule has 1 aromatic carbocycles. The predicted molar refractivity (Wildman–Crippen MR) is 75.1 cm³/mol. The molecule has 2 heterocycles. The minimum absolute atomic E-state index is 0.141. The molecule has 3 rings (SSSR count). The van der Waals surface area contributed by atoms with E-state index in [1.807, 2.05) is 24.4 Å². The summed E-state index contributed by atoms with van der Waals surface area (Å²) >= 11 is 7.24. The molecule has 0 amide bonds. The average Bonchev–Trinajstić information content (AvgIpc) is 2.41. The number of fused-ring (bicyclic) bond motifs is 1. The highest BCUT2D eigenvalue weighted by molar-refractivity contribution is 7.98. The number of hydrogen-bond donors (Lipinski definition) is 0. The molecule has 92 valence electrons. The second kappa shape index (κ2) is 4.78. The van der Waals surface area contributed by atoms with Crippen LogP contribution in [0.2, 0.25) is 5.02 Å². The van der Waals surface area contributed by atoms with Crippen molar-refractivity contribution in [2.75, 3.05) is 12.3 Å². The molecular weight excluding hydrogens is 271 g/mol. The van der Waals surface area contributed by atoms with E-state index in [1.54, 1.807) is 6.07 Å². The van der Waals surface area contributed by atoms with Crippen LogP contribution in [0.15, 0.2) is 40.9 Å². The molecule has 0 unspecified atom stereocenters. The number of nitrogens with zero attached hydrogens (tertiary/aromatic N) is 2. The van der Waals surface area contributed by atoms with E-state index >= 15 is 0 Å². The lowest BCUT2D eigenvalue weighted by Crippen LogP contribution is -2.32. The second-order valence-corrected chi connectivity index (χ2v) is 5.25. The van der Waals surface area contributed by atoms with Crippen molar-refractivity contribution >= 4 is 35.0 Å². The molecule has 0 N–H and O–H groups in total. The van der Waals surface area contributed by atoms with Gasteiger partial charge in [0, 0.05) is 24.1 Å². The van der Waals surface area contributed by atoms with Gasteiger partial charge in [-0.1, -0.05) is 17.7 Å². The minimum atomic E-state index is -0.403. The van der Waals surface area contributed by atoms with Crippen LogP contribution in [-0.2, 0) is 0 Å². The molecule has 0 spiro atoms. The molecule has 0 saturated heterocycles. The van der Waals surface area contributed by atoms with Crippen LogP contribution < -0.4 is 0 Å². The van der Waals surface area contributed by atoms with Gasteiger partial charge in [0.2, 0.25) is 0 Å². The molecule has 0 atom stereocenters. The normalized spacial score (nSPS) is 18.2. The van der Waals surface area contributed by atoms with E-state index < -0.39 is 5.82 Å². The van der Waals surface area contributed by atoms with Gasteiger partial charge >= 0.3 is 0 Å². The molecule has 0 saturated carbocycles. The van der Waals surface area contributed by atoms with Gasteiger partial charge in [0.1, 0.15) is 11.7 Å². The molecular formula is C13H10ClFN2S. The second-order valence-electron chi connectivity index (χ2n) is 3.99. The lowest BCUT2D eigenvalue weighted by Gasteiger charge is -2.29. The molecule has 2 nitrogen and oxygen atoms in total. The van der Waals surface area contributed by atoms with E-state index in [0.29, 0.717) is 0 Å². The Morgan fingerprint density at radius 2 is 2.28 bits per heavy atom. The van der Waals surface area contributed by atoms with Crippen LogP contribution in [0.3, 0.4) is 0 Å². The number of halogens is 2. The summed E-state index contributed by atoms with van der Waals surface area (Å²) in [6.45, 7) is 0.924. The Kier molecular flexibility index (Phi) is 3.14. The fourth-order valence-electron chi connectivity index (χ4n) is 1.96. The van der Waals surface area contributed by atoms with E-state index in [1.165, 1.54) is 18.0 Å². The molecule has 0 radical (unpaired) electrons. The zero-order chi connectivity index (χ0) is 12.5. The first-order valence-corrected chi connectivity index (χ1v) is 6.88. The molecule has 1 aromatic rings. The van der Waals surface area contributed by atoms with Crippen molar-refractivity contribution < 1.29 is 4.39 Å². The summed E-state index contributed by atoms with van der Waals surface area (Å²) in [6, 6.07) is 4.84. The van der Waals surface area contributed by atoms with Crippen LogP contribution >= 0.6 is 23.5 Å². The average molecular weight is 281 g/mol. The number of benzene rings is 1. The topological polar surface area (TPSA) is 15.6 Å². The Labute approximate surface area is 114 Å². The first-order chi connectivity index (χ1) is 8.75. The Morgan fingerprint density at radius 1 is 1.39 bits per heavy atom. The van der Waals surface area contributed by atoms with Crippen molar-refractivity contribution in [3.05, 3.63) is 53.0 Å². The van der Waals surface area contributed by atoms with Gasteiger partial charge in [-0.3, -0.25) is 0 Å². The van der Waals surface area contributed by atoms with Crippen LogP contribution in [-0.4, -0.2) is 23.0 Å². The van der Waals surface area contributed by atoms with Gasteiger partial charge in [-0.05, 0) is 41.8 Å². The number of hydrogen-bond acceptors (Lipinski definition) is 3. The molecule has 0 aromatic heterocycles. The van der Waals surface area contributed by atoms with E-state index in [9.17, 15) is 4.39 Å². The fraction of sp³-hybridized carbons (Fsp3) is 0.154. The Balaban J connectivity index is 2.04. The van der Waals surface area contributed by atoms with Crippen molar-refractivity contribution in [3.63, 3.8) is 0 Å². The van der Waals surface area contributed by atoms with Gasteiger partial charge in [0.15, 0.2) is 0 Å². The van der Waals surface area contributed by atoms with Crippen LogP contribution in [0.4, 0.5) is 4.39 Å². The van der Waals surface area contributed by atoms with Crippen molar-refractivity contribution in [2.45, 2.75) is 0 Å². The quantitative estimate of drug-likeness (QED) is 0.728. The van der Waals surface area contributed by atoms with E-state index in [4.69, 9.17) is 11.6 Å². The zero-order valence-electron chi connectivity index (χ0n) is 9.44. The van der Waals surface area contributed by atoms with Gasteiger partial charge < -0.3 is 4.90 Å². The highest BCUT2D eigenvalue weighted by Gasteiger charge is 2.21. The molecule has 5 heteroatoms.